The Morgan fingerprint density at radius 2 is 1.90 bits per heavy atom. The lowest BCUT2D eigenvalue weighted by Crippen LogP contribution is -2.44. The van der Waals surface area contributed by atoms with Crippen molar-refractivity contribution in [2.75, 3.05) is 31.6 Å². The second-order valence-electron chi connectivity index (χ2n) is 7.30. The van der Waals surface area contributed by atoms with Crippen molar-refractivity contribution in [3.8, 4) is 0 Å². The fourth-order valence-electron chi connectivity index (χ4n) is 3.45. The van der Waals surface area contributed by atoms with Crippen LogP contribution in [-0.4, -0.2) is 52.3 Å². The van der Waals surface area contributed by atoms with Crippen LogP contribution in [0.3, 0.4) is 0 Å². The first-order valence-corrected chi connectivity index (χ1v) is 11.7. The molecule has 1 amide bonds. The lowest BCUT2D eigenvalue weighted by atomic mass is 10.2. The summed E-state index contributed by atoms with van der Waals surface area (Å²) in [5.74, 6) is 0.889. The standard InChI is InChI=1S/C23H25ClN4O2S/c1-2-20(22(29)28-11-13-30-14-12-28)31-23-26-19-6-4-3-5-18(19)21(27-23)25-15-16-7-9-17(24)10-8-16/h3-10,20H,2,11-15H2,1H3,(H,25,26,27)/t20-/m0/s1. The highest BCUT2D eigenvalue weighted by Crippen LogP contribution is 2.29. The average Bonchev–Trinajstić information content (AvgIpc) is 2.82. The van der Waals surface area contributed by atoms with Crippen molar-refractivity contribution in [3.63, 3.8) is 0 Å². The largest absolute Gasteiger partial charge is 0.378 e. The Bertz CT molecular complexity index is 1040. The Hall–Kier alpha value is -2.35. The molecule has 0 bridgehead atoms. The van der Waals surface area contributed by atoms with Gasteiger partial charge < -0.3 is 15.0 Å². The summed E-state index contributed by atoms with van der Waals surface area (Å²) in [6.45, 7) is 5.11. The van der Waals surface area contributed by atoms with E-state index in [-0.39, 0.29) is 11.2 Å². The van der Waals surface area contributed by atoms with Crippen LogP contribution in [0, 0.1) is 0 Å². The number of morpholine rings is 1. The van der Waals surface area contributed by atoms with Crippen molar-refractivity contribution < 1.29 is 9.53 Å². The van der Waals surface area contributed by atoms with Crippen LogP contribution in [-0.2, 0) is 16.1 Å². The van der Waals surface area contributed by atoms with Crippen molar-refractivity contribution in [2.24, 2.45) is 0 Å². The van der Waals surface area contributed by atoms with Crippen molar-refractivity contribution in [1.29, 1.82) is 0 Å². The number of fused-ring (bicyclic) bond motifs is 1. The Morgan fingerprint density at radius 1 is 1.16 bits per heavy atom. The highest BCUT2D eigenvalue weighted by Gasteiger charge is 2.26. The van der Waals surface area contributed by atoms with Gasteiger partial charge in [0.25, 0.3) is 0 Å². The van der Waals surface area contributed by atoms with Crippen molar-refractivity contribution in [3.05, 3.63) is 59.1 Å². The lowest BCUT2D eigenvalue weighted by molar-refractivity contribution is -0.134. The molecule has 1 aliphatic heterocycles. The molecule has 3 aromatic rings. The molecule has 0 saturated carbocycles. The summed E-state index contributed by atoms with van der Waals surface area (Å²) in [5, 5.41) is 5.48. The van der Waals surface area contributed by atoms with Gasteiger partial charge in [-0.2, -0.15) is 0 Å². The van der Waals surface area contributed by atoms with E-state index in [2.05, 4.69) is 5.32 Å². The zero-order chi connectivity index (χ0) is 21.6. The number of para-hydroxylation sites is 1. The number of thioether (sulfide) groups is 1. The molecule has 162 valence electrons. The van der Waals surface area contributed by atoms with E-state index in [0.717, 1.165) is 22.3 Å². The zero-order valence-electron chi connectivity index (χ0n) is 17.4. The first-order valence-electron chi connectivity index (χ1n) is 10.4. The molecule has 1 fully saturated rings. The molecule has 31 heavy (non-hydrogen) atoms. The minimum Gasteiger partial charge on any atom is -0.378 e. The molecule has 1 saturated heterocycles. The molecule has 0 unspecified atom stereocenters. The van der Waals surface area contributed by atoms with Crippen LogP contribution in [0.15, 0.2) is 53.7 Å². The van der Waals surface area contributed by atoms with Crippen LogP contribution in [0.4, 0.5) is 5.82 Å². The molecule has 1 aromatic heterocycles. The van der Waals surface area contributed by atoms with E-state index in [0.29, 0.717) is 49.4 Å². The lowest BCUT2D eigenvalue weighted by Gasteiger charge is -2.29. The SMILES string of the molecule is CC[C@H](Sc1nc(NCc2ccc(Cl)cc2)c2ccccc2n1)C(=O)N1CCOCC1. The van der Waals surface area contributed by atoms with Crippen LogP contribution in [0.1, 0.15) is 18.9 Å². The Labute approximate surface area is 191 Å². The summed E-state index contributed by atoms with van der Waals surface area (Å²) in [5.41, 5.74) is 1.96. The first kappa shape index (κ1) is 21.9. The molecule has 1 aliphatic rings. The van der Waals surface area contributed by atoms with Gasteiger partial charge in [-0.15, -0.1) is 0 Å². The van der Waals surface area contributed by atoms with E-state index < -0.39 is 0 Å². The molecule has 1 N–H and O–H groups in total. The number of benzene rings is 2. The predicted molar refractivity (Wildman–Crippen MR) is 126 cm³/mol. The molecule has 0 radical (unpaired) electrons. The van der Waals surface area contributed by atoms with E-state index in [1.54, 1.807) is 0 Å². The summed E-state index contributed by atoms with van der Waals surface area (Å²) in [6.07, 6.45) is 0.713. The van der Waals surface area contributed by atoms with Crippen LogP contribution in [0.2, 0.25) is 5.02 Å². The quantitative estimate of drug-likeness (QED) is 0.413. The molecular formula is C23H25ClN4O2S. The monoisotopic (exact) mass is 456 g/mol. The number of amides is 1. The third kappa shape index (κ3) is 5.47. The molecule has 2 heterocycles. The number of nitrogens with one attached hydrogen (secondary N) is 1. The second-order valence-corrected chi connectivity index (χ2v) is 8.91. The van der Waals surface area contributed by atoms with Gasteiger partial charge in [-0.25, -0.2) is 9.97 Å². The van der Waals surface area contributed by atoms with Gasteiger partial charge in [0.1, 0.15) is 5.82 Å². The number of ether oxygens (including phenoxy) is 1. The summed E-state index contributed by atoms with van der Waals surface area (Å²) >= 11 is 7.42. The fourth-order valence-corrected chi connectivity index (χ4v) is 4.55. The normalized spacial score (nSPS) is 15.1. The van der Waals surface area contributed by atoms with E-state index in [4.69, 9.17) is 26.3 Å². The smallest absolute Gasteiger partial charge is 0.236 e. The topological polar surface area (TPSA) is 67.4 Å². The van der Waals surface area contributed by atoms with E-state index in [1.165, 1.54) is 11.8 Å². The van der Waals surface area contributed by atoms with E-state index in [9.17, 15) is 4.79 Å². The highest BCUT2D eigenvalue weighted by atomic mass is 35.5. The van der Waals surface area contributed by atoms with Gasteiger partial charge in [-0.1, -0.05) is 54.6 Å². The zero-order valence-corrected chi connectivity index (χ0v) is 19.0. The van der Waals surface area contributed by atoms with Crippen molar-refractivity contribution in [1.82, 2.24) is 14.9 Å². The second kappa shape index (κ2) is 10.3. The van der Waals surface area contributed by atoms with Crippen molar-refractivity contribution >= 4 is 46.0 Å². The molecule has 2 aromatic carbocycles. The van der Waals surface area contributed by atoms with Crippen LogP contribution < -0.4 is 5.32 Å². The molecule has 6 nitrogen and oxygen atoms in total. The first-order chi connectivity index (χ1) is 15.1. The number of nitrogens with zero attached hydrogens (tertiary/aromatic N) is 3. The average molecular weight is 457 g/mol. The maximum Gasteiger partial charge on any atom is 0.236 e. The molecule has 4 rings (SSSR count). The number of aromatic nitrogens is 2. The van der Waals surface area contributed by atoms with Gasteiger partial charge in [-0.3, -0.25) is 4.79 Å². The highest BCUT2D eigenvalue weighted by molar-refractivity contribution is 8.00. The molecule has 0 spiro atoms. The minimum atomic E-state index is -0.219. The summed E-state index contributed by atoms with van der Waals surface area (Å²) < 4.78 is 5.37. The maximum atomic E-state index is 13.0. The van der Waals surface area contributed by atoms with E-state index in [1.807, 2.05) is 60.4 Å². The number of hydrogen-bond donors (Lipinski definition) is 1. The van der Waals surface area contributed by atoms with Gasteiger partial charge in [0, 0.05) is 30.0 Å². The predicted octanol–water partition coefficient (Wildman–Crippen LogP) is 4.62. The molecule has 0 aliphatic carbocycles. The summed E-state index contributed by atoms with van der Waals surface area (Å²) in [4.78, 5) is 24.4. The van der Waals surface area contributed by atoms with Gasteiger partial charge >= 0.3 is 0 Å². The van der Waals surface area contributed by atoms with E-state index >= 15 is 0 Å². The Balaban J connectivity index is 1.55. The maximum absolute atomic E-state index is 13.0. The van der Waals surface area contributed by atoms with Crippen LogP contribution in [0.25, 0.3) is 10.9 Å². The molecule has 1 atom stereocenters. The molecular weight excluding hydrogens is 432 g/mol. The van der Waals surface area contributed by atoms with Gasteiger partial charge in [0.15, 0.2) is 5.16 Å². The van der Waals surface area contributed by atoms with Crippen molar-refractivity contribution in [2.45, 2.75) is 30.3 Å². The number of halogens is 1. The van der Waals surface area contributed by atoms with Crippen LogP contribution >= 0.6 is 23.4 Å². The minimum absolute atomic E-state index is 0.128. The fraction of sp³-hybridized carbons (Fsp3) is 0.348. The summed E-state index contributed by atoms with van der Waals surface area (Å²) in [6, 6.07) is 15.6. The number of hydrogen-bond acceptors (Lipinski definition) is 6. The number of anilines is 1. The summed E-state index contributed by atoms with van der Waals surface area (Å²) in [7, 11) is 0. The third-order valence-corrected chi connectivity index (χ3v) is 6.64. The number of carbonyl (C=O) groups excluding carboxylic acids is 1. The third-order valence-electron chi connectivity index (χ3n) is 5.17. The number of rotatable bonds is 7. The van der Waals surface area contributed by atoms with Gasteiger partial charge in [0.05, 0.1) is 24.0 Å². The Kier molecular flexibility index (Phi) is 7.27. The Morgan fingerprint density at radius 3 is 2.65 bits per heavy atom. The van der Waals surface area contributed by atoms with Gasteiger partial charge in [-0.05, 0) is 36.2 Å². The van der Waals surface area contributed by atoms with Crippen LogP contribution in [0.5, 0.6) is 0 Å². The molecule has 8 heteroatoms. The van der Waals surface area contributed by atoms with Gasteiger partial charge in [0.2, 0.25) is 5.91 Å². The number of carbonyl (C=O) groups is 1.